The number of benzene rings is 2. The highest BCUT2D eigenvalue weighted by atomic mass is 16.5. The number of aryl methyl sites for hydroxylation is 2. The van der Waals surface area contributed by atoms with Crippen LogP contribution in [0.5, 0.6) is 5.75 Å². The number of aliphatic hydroxyl groups is 1. The van der Waals surface area contributed by atoms with Crippen LogP contribution in [0.2, 0.25) is 0 Å². The number of rotatable bonds is 8. The summed E-state index contributed by atoms with van der Waals surface area (Å²) < 4.78 is 6.01. The van der Waals surface area contributed by atoms with E-state index in [2.05, 4.69) is 19.1 Å². The van der Waals surface area contributed by atoms with Gasteiger partial charge in [-0.2, -0.15) is 0 Å². The van der Waals surface area contributed by atoms with Gasteiger partial charge in [-0.1, -0.05) is 62.2 Å². The first kappa shape index (κ1) is 18.5. The van der Waals surface area contributed by atoms with Crippen molar-refractivity contribution in [2.24, 2.45) is 5.73 Å². The van der Waals surface area contributed by atoms with Crippen molar-refractivity contribution in [3.63, 3.8) is 0 Å². The third-order valence-electron chi connectivity index (χ3n) is 4.36. The van der Waals surface area contributed by atoms with Crippen molar-refractivity contribution in [3.05, 3.63) is 64.7 Å². The number of nitrogens with two attached hydrogens (primary N) is 1. The van der Waals surface area contributed by atoms with Gasteiger partial charge in [0.1, 0.15) is 12.4 Å². The Morgan fingerprint density at radius 3 is 2.29 bits per heavy atom. The third kappa shape index (κ3) is 4.83. The van der Waals surface area contributed by atoms with Crippen LogP contribution < -0.4 is 10.5 Å². The summed E-state index contributed by atoms with van der Waals surface area (Å²) in [6, 6.07) is 13.9. The summed E-state index contributed by atoms with van der Waals surface area (Å²) >= 11 is 0. The van der Waals surface area contributed by atoms with E-state index in [0.29, 0.717) is 6.61 Å². The van der Waals surface area contributed by atoms with Gasteiger partial charge >= 0.3 is 0 Å². The zero-order valence-corrected chi connectivity index (χ0v) is 15.0. The van der Waals surface area contributed by atoms with Crippen LogP contribution in [0.25, 0.3) is 0 Å². The minimum atomic E-state index is -0.500. The molecule has 0 radical (unpaired) electrons. The maximum Gasteiger partial charge on any atom is 0.125 e. The van der Waals surface area contributed by atoms with Crippen LogP contribution in [0.4, 0.5) is 0 Å². The van der Waals surface area contributed by atoms with Crippen molar-refractivity contribution in [1.29, 1.82) is 0 Å². The Balaban J connectivity index is 2.10. The Hall–Kier alpha value is -1.84. The topological polar surface area (TPSA) is 55.5 Å². The van der Waals surface area contributed by atoms with Gasteiger partial charge in [-0.15, -0.1) is 0 Å². The molecular formula is C21H29NO2. The van der Waals surface area contributed by atoms with Crippen molar-refractivity contribution < 1.29 is 9.84 Å². The molecule has 0 saturated heterocycles. The summed E-state index contributed by atoms with van der Waals surface area (Å²) in [6.45, 7) is 6.72. The molecule has 0 fully saturated rings. The lowest BCUT2D eigenvalue weighted by atomic mass is 9.95. The molecule has 3 heteroatoms. The summed E-state index contributed by atoms with van der Waals surface area (Å²) in [4.78, 5) is 0. The number of unbranched alkanes of at least 4 members (excludes halogenated alkanes) is 1. The fraction of sp³-hybridized carbons (Fsp3) is 0.429. The lowest BCUT2D eigenvalue weighted by molar-refractivity contribution is 0.132. The zero-order valence-electron chi connectivity index (χ0n) is 15.0. The molecule has 130 valence electrons. The molecular weight excluding hydrogens is 298 g/mol. The first-order valence-corrected chi connectivity index (χ1v) is 8.74. The molecule has 2 rings (SSSR count). The average molecular weight is 327 g/mol. The van der Waals surface area contributed by atoms with Gasteiger partial charge in [0.15, 0.2) is 0 Å². The number of hydrogen-bond donors (Lipinski definition) is 2. The summed E-state index contributed by atoms with van der Waals surface area (Å²) in [7, 11) is 0. The van der Waals surface area contributed by atoms with Gasteiger partial charge in [-0.05, 0) is 42.5 Å². The molecule has 3 nitrogen and oxygen atoms in total. The van der Waals surface area contributed by atoms with Gasteiger partial charge in [0.05, 0.1) is 12.1 Å². The Morgan fingerprint density at radius 1 is 1.08 bits per heavy atom. The van der Waals surface area contributed by atoms with Crippen LogP contribution in [-0.4, -0.2) is 11.2 Å². The highest BCUT2D eigenvalue weighted by molar-refractivity contribution is 5.44. The fourth-order valence-electron chi connectivity index (χ4n) is 2.95. The predicted molar refractivity (Wildman–Crippen MR) is 99.2 cm³/mol. The van der Waals surface area contributed by atoms with Gasteiger partial charge in [-0.3, -0.25) is 0 Å². The van der Waals surface area contributed by atoms with E-state index < -0.39 is 6.10 Å². The van der Waals surface area contributed by atoms with Gasteiger partial charge in [0, 0.05) is 0 Å². The fourth-order valence-corrected chi connectivity index (χ4v) is 2.95. The molecule has 0 aromatic heterocycles. The van der Waals surface area contributed by atoms with Crippen molar-refractivity contribution >= 4 is 0 Å². The van der Waals surface area contributed by atoms with E-state index in [0.717, 1.165) is 47.3 Å². The Kier molecular flexibility index (Phi) is 6.83. The number of ether oxygens (including phenoxy) is 1. The molecule has 0 aliphatic rings. The van der Waals surface area contributed by atoms with Gasteiger partial charge in [-0.25, -0.2) is 0 Å². The lowest BCUT2D eigenvalue weighted by Gasteiger charge is -2.21. The normalized spacial score (nSPS) is 13.5. The van der Waals surface area contributed by atoms with Gasteiger partial charge < -0.3 is 15.6 Å². The summed E-state index contributed by atoms with van der Waals surface area (Å²) in [5.41, 5.74) is 10.5. The van der Waals surface area contributed by atoms with Crippen molar-refractivity contribution in [1.82, 2.24) is 0 Å². The van der Waals surface area contributed by atoms with E-state index in [1.54, 1.807) is 0 Å². The molecule has 2 aromatic carbocycles. The van der Waals surface area contributed by atoms with E-state index in [-0.39, 0.29) is 6.04 Å². The molecule has 2 aromatic rings. The lowest BCUT2D eigenvalue weighted by Crippen LogP contribution is -2.26. The van der Waals surface area contributed by atoms with E-state index >= 15 is 0 Å². The van der Waals surface area contributed by atoms with Gasteiger partial charge in [0.2, 0.25) is 0 Å². The highest BCUT2D eigenvalue weighted by Gasteiger charge is 2.18. The molecule has 0 unspecified atom stereocenters. The second-order valence-electron chi connectivity index (χ2n) is 6.49. The summed E-state index contributed by atoms with van der Waals surface area (Å²) in [5, 5.41) is 10.2. The van der Waals surface area contributed by atoms with Crippen LogP contribution >= 0.6 is 0 Å². The molecule has 0 aliphatic carbocycles. The van der Waals surface area contributed by atoms with Crippen molar-refractivity contribution in [2.75, 3.05) is 0 Å². The maximum absolute atomic E-state index is 10.2. The molecule has 0 aliphatic heterocycles. The Bertz CT molecular complexity index is 617. The largest absolute Gasteiger partial charge is 0.488 e. The quantitative estimate of drug-likeness (QED) is 0.754. The molecule has 2 atom stereocenters. The van der Waals surface area contributed by atoms with Crippen LogP contribution in [0, 0.1) is 13.8 Å². The summed E-state index contributed by atoms with van der Waals surface area (Å²) in [5.74, 6) is 0.901. The smallest absolute Gasteiger partial charge is 0.125 e. The summed E-state index contributed by atoms with van der Waals surface area (Å²) in [6.07, 6.45) is 2.29. The molecule has 0 bridgehead atoms. The number of hydrogen-bond acceptors (Lipinski definition) is 3. The predicted octanol–water partition coefficient (Wildman–Crippen LogP) is 4.43. The van der Waals surface area contributed by atoms with E-state index in [9.17, 15) is 5.11 Å². The molecule has 3 N–H and O–H groups in total. The number of aliphatic hydroxyl groups excluding tert-OH is 1. The first-order chi connectivity index (χ1) is 11.5. The zero-order chi connectivity index (χ0) is 17.5. The van der Waals surface area contributed by atoms with Crippen LogP contribution in [0.1, 0.15) is 54.5 Å². The monoisotopic (exact) mass is 327 g/mol. The van der Waals surface area contributed by atoms with Crippen molar-refractivity contribution in [3.8, 4) is 5.75 Å². The van der Waals surface area contributed by atoms with Crippen LogP contribution in [-0.2, 0) is 6.61 Å². The van der Waals surface area contributed by atoms with Crippen LogP contribution in [0.15, 0.2) is 42.5 Å². The standard InChI is InChI=1S/C21H29NO2/c1-4-5-11-19(23)20(22)18-12-15(2)21(16(3)13-18)24-14-17-9-7-6-8-10-17/h6-10,12-13,19-20,23H,4-5,11,14,22H2,1-3H3/t19-,20+/m0/s1. The second kappa shape index (κ2) is 8.86. The molecule has 0 amide bonds. The Morgan fingerprint density at radius 2 is 1.71 bits per heavy atom. The SMILES string of the molecule is CCCC[C@H](O)[C@H](N)c1cc(C)c(OCc2ccccc2)c(C)c1. The molecule has 24 heavy (non-hydrogen) atoms. The minimum absolute atomic E-state index is 0.350. The highest BCUT2D eigenvalue weighted by Crippen LogP contribution is 2.29. The molecule has 0 saturated carbocycles. The second-order valence-corrected chi connectivity index (χ2v) is 6.49. The van der Waals surface area contributed by atoms with Crippen molar-refractivity contribution in [2.45, 2.75) is 58.8 Å². The third-order valence-corrected chi connectivity index (χ3v) is 4.36. The molecule has 0 spiro atoms. The van der Waals surface area contributed by atoms with Gasteiger partial charge in [0.25, 0.3) is 0 Å². The Labute approximate surface area is 145 Å². The van der Waals surface area contributed by atoms with E-state index in [1.165, 1.54) is 0 Å². The average Bonchev–Trinajstić information content (AvgIpc) is 2.59. The maximum atomic E-state index is 10.2. The minimum Gasteiger partial charge on any atom is -0.488 e. The van der Waals surface area contributed by atoms with Crippen LogP contribution in [0.3, 0.4) is 0 Å². The van der Waals surface area contributed by atoms with E-state index in [1.807, 2.05) is 44.2 Å². The van der Waals surface area contributed by atoms with E-state index in [4.69, 9.17) is 10.5 Å². The molecule has 0 heterocycles. The first-order valence-electron chi connectivity index (χ1n) is 8.74.